The molecule has 1 aliphatic heterocycles. The first-order valence-corrected chi connectivity index (χ1v) is 11.3. The number of thiophene rings is 1. The minimum absolute atomic E-state index is 0.0134. The third-order valence-electron chi connectivity index (χ3n) is 5.00. The Balaban J connectivity index is 1.42. The molecule has 7 heteroatoms. The Labute approximate surface area is 184 Å². The summed E-state index contributed by atoms with van der Waals surface area (Å²) in [5, 5.41) is 3.36. The van der Waals surface area contributed by atoms with Gasteiger partial charge in [-0.3, -0.25) is 9.89 Å². The van der Waals surface area contributed by atoms with Gasteiger partial charge in [-0.05, 0) is 47.5 Å². The van der Waals surface area contributed by atoms with E-state index in [9.17, 15) is 0 Å². The van der Waals surface area contributed by atoms with Crippen LogP contribution in [0, 0.1) is 0 Å². The van der Waals surface area contributed by atoms with Crippen molar-refractivity contribution in [3.8, 4) is 10.6 Å². The number of benzene rings is 1. The number of rotatable bonds is 7. The van der Waals surface area contributed by atoms with Crippen molar-refractivity contribution >= 4 is 39.4 Å². The van der Waals surface area contributed by atoms with Crippen LogP contribution in [0.2, 0.25) is 0 Å². The van der Waals surface area contributed by atoms with E-state index in [1.165, 1.54) is 10.4 Å². The molecule has 2 aromatic heterocycles. The van der Waals surface area contributed by atoms with Crippen molar-refractivity contribution < 1.29 is 0 Å². The number of hydrogen-bond donors (Lipinski definition) is 1. The predicted molar refractivity (Wildman–Crippen MR) is 125 cm³/mol. The van der Waals surface area contributed by atoms with Crippen LogP contribution in [0.25, 0.3) is 10.6 Å². The van der Waals surface area contributed by atoms with Gasteiger partial charge in [-0.15, -0.1) is 11.3 Å². The Morgan fingerprint density at radius 3 is 2.76 bits per heavy atom. The Kier molecular flexibility index (Phi) is 6.08. The minimum atomic E-state index is 0.0134. The molecule has 3 heterocycles. The van der Waals surface area contributed by atoms with Gasteiger partial charge in [-0.2, -0.15) is 0 Å². The molecule has 0 fully saturated rings. The molecule has 29 heavy (non-hydrogen) atoms. The zero-order valence-corrected chi connectivity index (χ0v) is 19.0. The summed E-state index contributed by atoms with van der Waals surface area (Å²) in [6, 6.07) is 14.9. The molecule has 4 rings (SSSR count). The summed E-state index contributed by atoms with van der Waals surface area (Å²) >= 11 is 5.38. The second-order valence-corrected chi connectivity index (χ2v) is 9.64. The minimum Gasteiger partial charge on any atom is -0.353 e. The topological polar surface area (TPSA) is 53.4 Å². The van der Waals surface area contributed by atoms with Crippen LogP contribution in [0.4, 0.5) is 5.95 Å². The van der Waals surface area contributed by atoms with E-state index in [0.29, 0.717) is 5.95 Å². The lowest BCUT2D eigenvalue weighted by atomic mass is 10.1. The van der Waals surface area contributed by atoms with E-state index in [4.69, 9.17) is 4.98 Å². The van der Waals surface area contributed by atoms with Crippen molar-refractivity contribution in [1.82, 2.24) is 14.9 Å². The molecule has 5 nitrogen and oxygen atoms in total. The fourth-order valence-corrected chi connectivity index (χ4v) is 4.89. The average Bonchev–Trinajstić information content (AvgIpc) is 3.30. The van der Waals surface area contributed by atoms with Crippen molar-refractivity contribution in [3.63, 3.8) is 0 Å². The Morgan fingerprint density at radius 2 is 2.00 bits per heavy atom. The van der Waals surface area contributed by atoms with Crippen molar-refractivity contribution in [1.29, 1.82) is 0 Å². The number of aromatic nitrogens is 2. The van der Waals surface area contributed by atoms with Gasteiger partial charge in [-0.1, -0.05) is 30.3 Å². The van der Waals surface area contributed by atoms with Crippen LogP contribution in [0.1, 0.15) is 24.3 Å². The highest BCUT2D eigenvalue weighted by molar-refractivity contribution is 9.10. The number of halogens is 1. The zero-order chi connectivity index (χ0) is 20.3. The van der Waals surface area contributed by atoms with Gasteiger partial charge in [0.25, 0.3) is 0 Å². The lowest BCUT2D eigenvalue weighted by Gasteiger charge is -2.29. The van der Waals surface area contributed by atoms with Gasteiger partial charge in [0.15, 0.2) is 0 Å². The van der Waals surface area contributed by atoms with Crippen LogP contribution in [-0.4, -0.2) is 46.4 Å². The molecule has 0 radical (unpaired) electrons. The summed E-state index contributed by atoms with van der Waals surface area (Å²) in [4.78, 5) is 18.3. The van der Waals surface area contributed by atoms with Gasteiger partial charge < -0.3 is 5.32 Å². The normalized spacial score (nSPS) is 15.7. The Hall–Kier alpha value is -2.09. The predicted octanol–water partition coefficient (Wildman–Crippen LogP) is 5.09. The molecule has 0 unspecified atom stereocenters. The van der Waals surface area contributed by atoms with E-state index in [2.05, 4.69) is 86.4 Å². The fourth-order valence-electron chi connectivity index (χ4n) is 3.31. The first kappa shape index (κ1) is 20.2. The summed E-state index contributed by atoms with van der Waals surface area (Å²) in [6.07, 6.45) is 4.78. The summed E-state index contributed by atoms with van der Waals surface area (Å²) in [5.41, 5.74) is 2.26. The number of nitrogens with zero attached hydrogens (tertiary/aromatic N) is 4. The largest absolute Gasteiger partial charge is 0.353 e. The van der Waals surface area contributed by atoms with E-state index >= 15 is 0 Å². The molecule has 0 aliphatic carbocycles. The van der Waals surface area contributed by atoms with E-state index in [0.717, 1.165) is 41.2 Å². The van der Waals surface area contributed by atoms with Crippen LogP contribution in [-0.2, 0) is 6.42 Å². The second kappa shape index (κ2) is 8.73. The fraction of sp³-hybridized carbons (Fsp3) is 0.318. The highest BCUT2D eigenvalue weighted by Gasteiger charge is 2.27. The van der Waals surface area contributed by atoms with Crippen molar-refractivity contribution in [2.45, 2.75) is 25.8 Å². The first-order valence-electron chi connectivity index (χ1n) is 9.67. The summed E-state index contributed by atoms with van der Waals surface area (Å²) < 4.78 is 0.908. The molecule has 0 atom stereocenters. The second-order valence-electron chi connectivity index (χ2n) is 7.62. The summed E-state index contributed by atoms with van der Waals surface area (Å²) in [7, 11) is 0. The molecule has 3 aromatic rings. The maximum absolute atomic E-state index is 4.75. The molecule has 0 bridgehead atoms. The van der Waals surface area contributed by atoms with E-state index in [1.54, 1.807) is 11.3 Å². The SMILES string of the molecule is CC1(C)C=NCN1CCNc1ncc(Br)c(-c2ccc(Cc3ccccc3)s2)n1. The molecule has 150 valence electrons. The number of nitrogens with one attached hydrogen (secondary N) is 1. The van der Waals surface area contributed by atoms with Gasteiger partial charge in [0.1, 0.15) is 0 Å². The third-order valence-corrected chi connectivity index (χ3v) is 6.67. The molecular formula is C22H24BrN5S. The standard InChI is InChI=1S/C22H24BrN5S/c1-22(2)14-24-15-28(22)11-10-25-21-26-13-18(23)20(27-21)19-9-8-17(29-19)12-16-6-4-3-5-7-16/h3-9,13-14H,10-12,15H2,1-2H3,(H,25,26,27). The molecule has 0 spiro atoms. The molecule has 1 N–H and O–H groups in total. The van der Waals surface area contributed by atoms with Crippen LogP contribution >= 0.6 is 27.3 Å². The highest BCUT2D eigenvalue weighted by Crippen LogP contribution is 2.33. The van der Waals surface area contributed by atoms with Gasteiger partial charge >= 0.3 is 0 Å². The Bertz CT molecular complexity index is 999. The maximum atomic E-state index is 4.75. The Morgan fingerprint density at radius 1 is 1.17 bits per heavy atom. The van der Waals surface area contributed by atoms with Crippen molar-refractivity contribution in [2.24, 2.45) is 4.99 Å². The van der Waals surface area contributed by atoms with Gasteiger partial charge in [0.2, 0.25) is 5.95 Å². The maximum Gasteiger partial charge on any atom is 0.223 e. The van der Waals surface area contributed by atoms with Crippen molar-refractivity contribution in [2.75, 3.05) is 25.1 Å². The molecule has 1 aromatic carbocycles. The quantitative estimate of drug-likeness (QED) is 0.523. The molecular weight excluding hydrogens is 446 g/mol. The highest BCUT2D eigenvalue weighted by atomic mass is 79.9. The van der Waals surface area contributed by atoms with Gasteiger partial charge in [0, 0.05) is 36.8 Å². The van der Waals surface area contributed by atoms with Crippen LogP contribution in [0.15, 0.2) is 58.1 Å². The number of anilines is 1. The van der Waals surface area contributed by atoms with Crippen LogP contribution in [0.5, 0.6) is 0 Å². The third kappa shape index (κ3) is 4.91. The molecule has 1 aliphatic rings. The number of hydrogen-bond acceptors (Lipinski definition) is 6. The van der Waals surface area contributed by atoms with Crippen LogP contribution < -0.4 is 5.32 Å². The van der Waals surface area contributed by atoms with E-state index in [-0.39, 0.29) is 5.54 Å². The van der Waals surface area contributed by atoms with Gasteiger partial charge in [-0.25, -0.2) is 9.97 Å². The van der Waals surface area contributed by atoms with Gasteiger partial charge in [0.05, 0.1) is 27.3 Å². The monoisotopic (exact) mass is 469 g/mol. The summed E-state index contributed by atoms with van der Waals surface area (Å²) in [6.45, 7) is 6.78. The first-order chi connectivity index (χ1) is 14.0. The molecule has 0 saturated heterocycles. The smallest absolute Gasteiger partial charge is 0.223 e. The zero-order valence-electron chi connectivity index (χ0n) is 16.6. The lowest BCUT2D eigenvalue weighted by Crippen LogP contribution is -2.43. The molecule has 0 amide bonds. The lowest BCUT2D eigenvalue weighted by molar-refractivity contribution is 0.216. The van der Waals surface area contributed by atoms with Crippen LogP contribution in [0.3, 0.4) is 0 Å². The van der Waals surface area contributed by atoms with E-state index in [1.807, 2.05) is 18.5 Å². The summed E-state index contributed by atoms with van der Waals surface area (Å²) in [5.74, 6) is 0.652. The average molecular weight is 470 g/mol. The van der Waals surface area contributed by atoms with Crippen molar-refractivity contribution in [3.05, 3.63) is 63.6 Å². The molecule has 0 saturated carbocycles. The van der Waals surface area contributed by atoms with E-state index < -0.39 is 0 Å². The number of aliphatic imine (C=N–C) groups is 1.